The minimum absolute atomic E-state index is 0.0856. The summed E-state index contributed by atoms with van der Waals surface area (Å²) in [6, 6.07) is 9.71. The van der Waals surface area contributed by atoms with Crippen molar-refractivity contribution >= 4 is 28.5 Å². The summed E-state index contributed by atoms with van der Waals surface area (Å²) in [7, 11) is 3.12. The highest BCUT2D eigenvalue weighted by atomic mass is 35.5. The highest BCUT2D eigenvalue weighted by molar-refractivity contribution is 6.31. The molecule has 2 aromatic carbocycles. The van der Waals surface area contributed by atoms with E-state index in [4.69, 9.17) is 25.5 Å². The number of benzene rings is 2. The maximum atomic E-state index is 13.6. The Morgan fingerprint density at radius 2 is 1.76 bits per heavy atom. The molecule has 3 aromatic rings. The number of ether oxygens (including phenoxy) is 2. The van der Waals surface area contributed by atoms with Crippen LogP contribution in [-0.4, -0.2) is 56.1 Å². The average molecular weight is 485 g/mol. The summed E-state index contributed by atoms with van der Waals surface area (Å²) in [5, 5.41) is 0.789. The first-order valence-electron chi connectivity index (χ1n) is 11.4. The third-order valence-electron chi connectivity index (χ3n) is 6.42. The fourth-order valence-corrected chi connectivity index (χ4v) is 4.77. The smallest absolute Gasteiger partial charge is 0.290 e. The molecule has 1 unspecified atom stereocenters. The van der Waals surface area contributed by atoms with Crippen molar-refractivity contribution in [1.29, 1.82) is 0 Å². The summed E-state index contributed by atoms with van der Waals surface area (Å²) in [6.07, 6.45) is 0.769. The predicted molar refractivity (Wildman–Crippen MR) is 132 cm³/mol. The topological polar surface area (TPSA) is 72.2 Å². The van der Waals surface area contributed by atoms with Gasteiger partial charge in [0.1, 0.15) is 5.58 Å². The van der Waals surface area contributed by atoms with Gasteiger partial charge in [0.2, 0.25) is 5.76 Å². The Labute approximate surface area is 203 Å². The molecule has 2 heterocycles. The number of nitrogens with zero attached hydrogens (tertiary/aromatic N) is 2. The molecule has 8 heteroatoms. The van der Waals surface area contributed by atoms with Crippen LogP contribution in [0.15, 0.2) is 45.6 Å². The average Bonchev–Trinajstić information content (AvgIpc) is 3.13. The minimum Gasteiger partial charge on any atom is -0.493 e. The molecule has 1 aliphatic heterocycles. The number of halogens is 1. The van der Waals surface area contributed by atoms with Gasteiger partial charge in [0.05, 0.1) is 31.2 Å². The lowest BCUT2D eigenvalue weighted by atomic mass is 9.98. The van der Waals surface area contributed by atoms with E-state index in [1.54, 1.807) is 43.4 Å². The Morgan fingerprint density at radius 3 is 2.44 bits per heavy atom. The molecule has 180 valence electrons. The molecule has 1 aromatic heterocycles. The summed E-state index contributed by atoms with van der Waals surface area (Å²) in [5.41, 5.74) is 1.17. The first-order valence-corrected chi connectivity index (χ1v) is 11.8. The lowest BCUT2D eigenvalue weighted by molar-refractivity contribution is 0.0720. The second-order valence-electron chi connectivity index (χ2n) is 8.21. The molecular formula is C26H29ClN2O5. The molecule has 0 fully saturated rings. The number of fused-ring (bicyclic) bond motifs is 2. The normalized spacial score (nSPS) is 15.3. The fraction of sp³-hybridized carbons (Fsp3) is 0.385. The zero-order valence-electron chi connectivity index (χ0n) is 19.9. The zero-order chi connectivity index (χ0) is 24.4. The minimum atomic E-state index is -0.598. The maximum absolute atomic E-state index is 13.6. The van der Waals surface area contributed by atoms with E-state index in [-0.39, 0.29) is 17.1 Å². The number of carbonyl (C=O) groups is 1. The van der Waals surface area contributed by atoms with Gasteiger partial charge in [-0.3, -0.25) is 9.59 Å². The highest BCUT2D eigenvalue weighted by Crippen LogP contribution is 2.41. The van der Waals surface area contributed by atoms with Gasteiger partial charge in [-0.05, 0) is 62.0 Å². The van der Waals surface area contributed by atoms with E-state index >= 15 is 0 Å². The Hall–Kier alpha value is -3.03. The first kappa shape index (κ1) is 24.1. The molecule has 1 aliphatic rings. The summed E-state index contributed by atoms with van der Waals surface area (Å²) in [4.78, 5) is 31.2. The van der Waals surface area contributed by atoms with Crippen LogP contribution in [0.4, 0.5) is 0 Å². The summed E-state index contributed by atoms with van der Waals surface area (Å²) in [6.45, 7) is 7.45. The monoisotopic (exact) mass is 484 g/mol. The Bertz CT molecular complexity index is 1270. The molecule has 34 heavy (non-hydrogen) atoms. The lowest BCUT2D eigenvalue weighted by Gasteiger charge is -2.27. The second-order valence-corrected chi connectivity index (χ2v) is 8.65. The molecule has 0 bridgehead atoms. The molecule has 0 saturated heterocycles. The Kier molecular flexibility index (Phi) is 7.14. The van der Waals surface area contributed by atoms with Crippen molar-refractivity contribution in [3.05, 3.63) is 68.5 Å². The van der Waals surface area contributed by atoms with E-state index < -0.39 is 6.04 Å². The van der Waals surface area contributed by atoms with Gasteiger partial charge in [-0.2, -0.15) is 0 Å². The van der Waals surface area contributed by atoms with E-state index in [0.717, 1.165) is 31.6 Å². The van der Waals surface area contributed by atoms with Crippen molar-refractivity contribution in [2.45, 2.75) is 26.3 Å². The number of hydrogen-bond donors (Lipinski definition) is 0. The van der Waals surface area contributed by atoms with E-state index in [1.807, 2.05) is 12.1 Å². The van der Waals surface area contributed by atoms with Crippen molar-refractivity contribution in [3.8, 4) is 11.5 Å². The largest absolute Gasteiger partial charge is 0.493 e. The molecule has 0 aliphatic carbocycles. The van der Waals surface area contributed by atoms with Crippen LogP contribution in [0.2, 0.25) is 5.02 Å². The quantitative estimate of drug-likeness (QED) is 0.437. The number of hydrogen-bond acceptors (Lipinski definition) is 6. The van der Waals surface area contributed by atoms with Crippen molar-refractivity contribution in [2.75, 3.05) is 40.4 Å². The molecule has 0 radical (unpaired) electrons. The van der Waals surface area contributed by atoms with Crippen LogP contribution >= 0.6 is 11.6 Å². The lowest BCUT2D eigenvalue weighted by Crippen LogP contribution is -2.33. The van der Waals surface area contributed by atoms with Gasteiger partial charge in [0.25, 0.3) is 5.91 Å². The van der Waals surface area contributed by atoms with Crippen LogP contribution in [0.3, 0.4) is 0 Å². The van der Waals surface area contributed by atoms with Crippen LogP contribution in [-0.2, 0) is 0 Å². The fourth-order valence-electron chi connectivity index (χ4n) is 4.60. The summed E-state index contributed by atoms with van der Waals surface area (Å²) in [5.74, 6) is 0.893. The Balaban J connectivity index is 1.84. The van der Waals surface area contributed by atoms with E-state index in [9.17, 15) is 9.59 Å². The van der Waals surface area contributed by atoms with Crippen LogP contribution in [0, 0.1) is 0 Å². The standard InChI is InChI=1S/C26H29ClN2O5/c1-5-28(6-2)12-7-13-29-23(16-8-10-20(32-3)21(14-16)33-4)22-24(30)18-15-17(27)9-11-19(18)34-25(22)26(29)31/h8-11,14-15,23H,5-7,12-13H2,1-4H3. The van der Waals surface area contributed by atoms with Gasteiger partial charge < -0.3 is 23.7 Å². The van der Waals surface area contributed by atoms with Crippen LogP contribution in [0.1, 0.15) is 48.0 Å². The van der Waals surface area contributed by atoms with E-state index in [1.165, 1.54) is 0 Å². The number of rotatable bonds is 9. The molecule has 0 spiro atoms. The predicted octanol–water partition coefficient (Wildman–Crippen LogP) is 4.74. The van der Waals surface area contributed by atoms with Crippen LogP contribution in [0.25, 0.3) is 11.0 Å². The number of methoxy groups -OCH3 is 2. The molecule has 7 nitrogen and oxygen atoms in total. The Morgan fingerprint density at radius 1 is 1.03 bits per heavy atom. The van der Waals surface area contributed by atoms with Gasteiger partial charge in [-0.25, -0.2) is 0 Å². The summed E-state index contributed by atoms with van der Waals surface area (Å²) >= 11 is 6.16. The van der Waals surface area contributed by atoms with Gasteiger partial charge >= 0.3 is 0 Å². The molecule has 1 amide bonds. The zero-order valence-corrected chi connectivity index (χ0v) is 20.6. The second kappa shape index (κ2) is 10.1. The molecule has 4 rings (SSSR count). The number of carbonyl (C=O) groups excluding carboxylic acids is 1. The molecule has 1 atom stereocenters. The SMILES string of the molecule is CCN(CC)CCCN1C(=O)c2oc3ccc(Cl)cc3c(=O)c2C1c1ccc(OC)c(OC)c1. The third-order valence-corrected chi connectivity index (χ3v) is 6.65. The van der Waals surface area contributed by atoms with Gasteiger partial charge in [-0.15, -0.1) is 0 Å². The van der Waals surface area contributed by atoms with Gasteiger partial charge in [-0.1, -0.05) is 31.5 Å². The van der Waals surface area contributed by atoms with Crippen molar-refractivity contribution in [3.63, 3.8) is 0 Å². The highest BCUT2D eigenvalue weighted by Gasteiger charge is 2.42. The van der Waals surface area contributed by atoms with E-state index in [2.05, 4.69) is 18.7 Å². The first-order chi connectivity index (χ1) is 16.4. The van der Waals surface area contributed by atoms with Gasteiger partial charge in [0.15, 0.2) is 16.9 Å². The van der Waals surface area contributed by atoms with Gasteiger partial charge in [0, 0.05) is 11.6 Å². The van der Waals surface area contributed by atoms with Crippen LogP contribution < -0.4 is 14.9 Å². The third kappa shape index (κ3) is 4.26. The number of amides is 1. The van der Waals surface area contributed by atoms with Crippen molar-refractivity contribution in [2.24, 2.45) is 0 Å². The molecule has 0 saturated carbocycles. The van der Waals surface area contributed by atoms with Crippen molar-refractivity contribution < 1.29 is 18.7 Å². The van der Waals surface area contributed by atoms with Crippen molar-refractivity contribution in [1.82, 2.24) is 9.80 Å². The molecular weight excluding hydrogens is 456 g/mol. The summed E-state index contributed by atoms with van der Waals surface area (Å²) < 4.78 is 16.9. The molecule has 0 N–H and O–H groups in total. The maximum Gasteiger partial charge on any atom is 0.290 e. The van der Waals surface area contributed by atoms with E-state index in [0.29, 0.717) is 39.6 Å². The van der Waals surface area contributed by atoms with Crippen LogP contribution in [0.5, 0.6) is 11.5 Å².